The number of hydrogen-bond acceptors (Lipinski definition) is 4. The van der Waals surface area contributed by atoms with E-state index < -0.39 is 17.8 Å². The zero-order valence-corrected chi connectivity index (χ0v) is 18.8. The lowest BCUT2D eigenvalue weighted by molar-refractivity contribution is -0.137. The number of nitrogens with zero attached hydrogens (tertiary/aromatic N) is 2. The Kier molecular flexibility index (Phi) is 6.07. The summed E-state index contributed by atoms with van der Waals surface area (Å²) in [5.74, 6) is 0.712. The standard InChI is InChI=1S/C24H35F3N2O2/c1-22(2)17-7-8-23(22,3)21(14-17)31-16-20(30)15-28-9-11-29(12-10-28)19-6-4-5-18(13-19)24(25,26)27/h4-6,13,17,20-21,30H,7-12,14-16H2,1-3H3/t17-,20-,21+,23-/m0/s1. The predicted molar refractivity (Wildman–Crippen MR) is 115 cm³/mol. The Hall–Kier alpha value is -1.31. The second-order valence-electron chi connectivity index (χ2n) is 10.4. The van der Waals surface area contributed by atoms with E-state index in [1.54, 1.807) is 6.07 Å². The Morgan fingerprint density at radius 1 is 1.16 bits per heavy atom. The van der Waals surface area contributed by atoms with Gasteiger partial charge in [0, 0.05) is 38.4 Å². The monoisotopic (exact) mass is 440 g/mol. The van der Waals surface area contributed by atoms with Gasteiger partial charge in [0.05, 0.1) is 24.4 Å². The van der Waals surface area contributed by atoms with Crippen molar-refractivity contribution in [3.05, 3.63) is 29.8 Å². The molecule has 1 heterocycles. The van der Waals surface area contributed by atoms with Crippen LogP contribution in [0.2, 0.25) is 0 Å². The highest BCUT2D eigenvalue weighted by Crippen LogP contribution is 2.66. The zero-order chi connectivity index (χ0) is 22.4. The van der Waals surface area contributed by atoms with Crippen molar-refractivity contribution in [2.45, 2.75) is 58.4 Å². The summed E-state index contributed by atoms with van der Waals surface area (Å²) < 4.78 is 45.1. The Labute approximate surface area is 183 Å². The Morgan fingerprint density at radius 3 is 2.45 bits per heavy atom. The number of β-amino-alcohol motifs (C(OH)–C–C–N with tert-alkyl or cyclic N) is 1. The van der Waals surface area contributed by atoms with Crippen LogP contribution in [0, 0.1) is 16.7 Å². The van der Waals surface area contributed by atoms with Gasteiger partial charge < -0.3 is 14.7 Å². The van der Waals surface area contributed by atoms with Gasteiger partial charge in [-0.05, 0) is 54.2 Å². The molecule has 0 radical (unpaired) electrons. The van der Waals surface area contributed by atoms with E-state index in [9.17, 15) is 18.3 Å². The first-order chi connectivity index (χ1) is 14.5. The van der Waals surface area contributed by atoms with Crippen molar-refractivity contribution in [2.24, 2.45) is 16.7 Å². The molecule has 4 nitrogen and oxygen atoms in total. The average molecular weight is 441 g/mol. The van der Waals surface area contributed by atoms with Gasteiger partial charge in [-0.25, -0.2) is 0 Å². The number of piperazine rings is 1. The largest absolute Gasteiger partial charge is 0.416 e. The van der Waals surface area contributed by atoms with E-state index in [-0.39, 0.29) is 11.5 Å². The molecule has 4 atom stereocenters. The van der Waals surface area contributed by atoms with Gasteiger partial charge in [-0.2, -0.15) is 13.2 Å². The summed E-state index contributed by atoms with van der Waals surface area (Å²) in [6.45, 7) is 10.6. The first-order valence-corrected chi connectivity index (χ1v) is 11.4. The van der Waals surface area contributed by atoms with E-state index in [1.165, 1.54) is 25.0 Å². The number of aliphatic hydroxyl groups excluding tert-OH is 1. The van der Waals surface area contributed by atoms with Gasteiger partial charge in [0.2, 0.25) is 0 Å². The van der Waals surface area contributed by atoms with Crippen molar-refractivity contribution in [2.75, 3.05) is 44.2 Å². The van der Waals surface area contributed by atoms with Crippen LogP contribution in [0.5, 0.6) is 0 Å². The summed E-state index contributed by atoms with van der Waals surface area (Å²) >= 11 is 0. The molecule has 1 aliphatic heterocycles. The summed E-state index contributed by atoms with van der Waals surface area (Å²) in [7, 11) is 0. The van der Waals surface area contributed by atoms with E-state index >= 15 is 0 Å². The third-order valence-electron chi connectivity index (χ3n) is 8.58. The highest BCUT2D eigenvalue weighted by atomic mass is 19.4. The number of benzene rings is 1. The normalized spacial score (nSPS) is 31.9. The molecule has 1 N–H and O–H groups in total. The Bertz CT molecular complexity index is 776. The Morgan fingerprint density at radius 2 is 1.87 bits per heavy atom. The first-order valence-electron chi connectivity index (χ1n) is 11.4. The van der Waals surface area contributed by atoms with E-state index in [0.717, 1.165) is 12.5 Å². The van der Waals surface area contributed by atoms with Crippen LogP contribution in [0.4, 0.5) is 18.9 Å². The maximum absolute atomic E-state index is 13.0. The van der Waals surface area contributed by atoms with Gasteiger partial charge in [-0.3, -0.25) is 4.90 Å². The number of anilines is 1. The second kappa shape index (κ2) is 8.23. The van der Waals surface area contributed by atoms with Crippen LogP contribution in [0.25, 0.3) is 0 Å². The third-order valence-corrected chi connectivity index (χ3v) is 8.58. The highest BCUT2D eigenvalue weighted by molar-refractivity contribution is 5.49. The molecule has 31 heavy (non-hydrogen) atoms. The summed E-state index contributed by atoms with van der Waals surface area (Å²) in [5, 5.41) is 10.5. The van der Waals surface area contributed by atoms with E-state index in [4.69, 9.17) is 4.74 Å². The van der Waals surface area contributed by atoms with Gasteiger partial charge in [0.15, 0.2) is 0 Å². The van der Waals surface area contributed by atoms with E-state index in [0.29, 0.717) is 56.4 Å². The maximum Gasteiger partial charge on any atom is 0.416 e. The van der Waals surface area contributed by atoms with Crippen LogP contribution >= 0.6 is 0 Å². The van der Waals surface area contributed by atoms with E-state index in [1.807, 2.05) is 4.90 Å². The topological polar surface area (TPSA) is 35.9 Å². The summed E-state index contributed by atoms with van der Waals surface area (Å²) in [6, 6.07) is 5.51. The highest BCUT2D eigenvalue weighted by Gasteiger charge is 2.61. The summed E-state index contributed by atoms with van der Waals surface area (Å²) in [5.41, 5.74) is 0.471. The van der Waals surface area contributed by atoms with Crippen molar-refractivity contribution in [1.29, 1.82) is 0 Å². The minimum Gasteiger partial charge on any atom is -0.389 e. The SMILES string of the molecule is CC1(C)[C@H]2CC[C@@]1(C)[C@H](OC[C@@H](O)CN1CCN(c3cccc(C(F)(F)F)c3)CC1)C2. The maximum atomic E-state index is 13.0. The fourth-order valence-corrected chi connectivity index (χ4v) is 6.03. The minimum atomic E-state index is -4.33. The molecule has 2 aliphatic carbocycles. The summed E-state index contributed by atoms with van der Waals surface area (Å²) in [4.78, 5) is 4.15. The molecule has 3 aliphatic rings. The van der Waals surface area contributed by atoms with Crippen molar-refractivity contribution in [1.82, 2.24) is 4.90 Å². The second-order valence-corrected chi connectivity index (χ2v) is 10.4. The van der Waals surface area contributed by atoms with Crippen LogP contribution in [-0.4, -0.2) is 61.5 Å². The molecule has 0 aromatic heterocycles. The lowest BCUT2D eigenvalue weighted by Crippen LogP contribution is -2.49. The molecule has 4 rings (SSSR count). The molecule has 174 valence electrons. The number of hydrogen-bond donors (Lipinski definition) is 1. The molecule has 2 bridgehead atoms. The van der Waals surface area contributed by atoms with Crippen molar-refractivity contribution in [3.63, 3.8) is 0 Å². The number of alkyl halides is 3. The molecule has 2 saturated carbocycles. The lowest BCUT2D eigenvalue weighted by Gasteiger charge is -2.40. The van der Waals surface area contributed by atoms with Crippen LogP contribution < -0.4 is 4.90 Å². The summed E-state index contributed by atoms with van der Waals surface area (Å²) in [6.07, 6.45) is -1.09. The van der Waals surface area contributed by atoms with Crippen LogP contribution in [0.1, 0.15) is 45.6 Å². The smallest absolute Gasteiger partial charge is 0.389 e. The average Bonchev–Trinajstić information content (AvgIpc) is 3.06. The van der Waals surface area contributed by atoms with Crippen LogP contribution in [0.15, 0.2) is 24.3 Å². The van der Waals surface area contributed by atoms with Crippen LogP contribution in [0.3, 0.4) is 0 Å². The molecular formula is C24H35F3N2O2. The van der Waals surface area contributed by atoms with Gasteiger partial charge in [0.1, 0.15) is 0 Å². The molecule has 0 unspecified atom stereocenters. The quantitative estimate of drug-likeness (QED) is 0.711. The van der Waals surface area contributed by atoms with Crippen molar-refractivity contribution >= 4 is 5.69 Å². The molecule has 0 amide bonds. The fraction of sp³-hybridized carbons (Fsp3) is 0.750. The molecule has 1 saturated heterocycles. The Balaban J connectivity index is 1.23. The zero-order valence-electron chi connectivity index (χ0n) is 18.8. The lowest BCUT2D eigenvalue weighted by atomic mass is 9.70. The number of fused-ring (bicyclic) bond motifs is 2. The molecule has 3 fully saturated rings. The van der Waals surface area contributed by atoms with Crippen molar-refractivity contribution < 1.29 is 23.0 Å². The number of ether oxygens (including phenoxy) is 1. The molecule has 0 spiro atoms. The van der Waals surface area contributed by atoms with Gasteiger partial charge in [-0.15, -0.1) is 0 Å². The molecule has 7 heteroatoms. The number of rotatable bonds is 6. The molecule has 1 aromatic rings. The third kappa shape index (κ3) is 4.33. The van der Waals surface area contributed by atoms with Gasteiger partial charge >= 0.3 is 6.18 Å². The first kappa shape index (κ1) is 22.9. The number of halogens is 3. The number of aliphatic hydroxyl groups is 1. The van der Waals surface area contributed by atoms with Gasteiger partial charge in [-0.1, -0.05) is 26.8 Å². The van der Waals surface area contributed by atoms with E-state index in [2.05, 4.69) is 25.7 Å². The fourth-order valence-electron chi connectivity index (χ4n) is 6.03. The van der Waals surface area contributed by atoms with Gasteiger partial charge in [0.25, 0.3) is 0 Å². The molecule has 1 aromatic carbocycles. The predicted octanol–water partition coefficient (Wildman–Crippen LogP) is 4.42. The van der Waals surface area contributed by atoms with Crippen LogP contribution in [-0.2, 0) is 10.9 Å². The van der Waals surface area contributed by atoms with Crippen molar-refractivity contribution in [3.8, 4) is 0 Å². The molecular weight excluding hydrogens is 405 g/mol. The minimum absolute atomic E-state index is 0.188.